The maximum absolute atomic E-state index is 5.67. The number of hydrogen-bond donors (Lipinski definition) is 1. The van der Waals surface area contributed by atoms with E-state index in [0.29, 0.717) is 0 Å². The van der Waals surface area contributed by atoms with E-state index in [1.807, 2.05) is 24.9 Å². The number of aryl methyl sites for hydroxylation is 1. The first kappa shape index (κ1) is 8.00. The van der Waals surface area contributed by atoms with Gasteiger partial charge >= 0.3 is 0 Å². The van der Waals surface area contributed by atoms with Crippen LogP contribution in [-0.2, 0) is 7.05 Å². The van der Waals surface area contributed by atoms with Crippen molar-refractivity contribution in [2.75, 3.05) is 0 Å². The van der Waals surface area contributed by atoms with Crippen molar-refractivity contribution in [3.63, 3.8) is 0 Å². The minimum atomic E-state index is 0.0839. The summed E-state index contributed by atoms with van der Waals surface area (Å²) in [6.07, 6.45) is 1.81. The lowest BCUT2D eigenvalue weighted by molar-refractivity contribution is 0.738. The Bertz CT molecular complexity index is 229. The van der Waals surface area contributed by atoms with E-state index in [-0.39, 0.29) is 6.04 Å². The predicted octanol–water partition coefficient (Wildman–Crippen LogP) is 1.04. The van der Waals surface area contributed by atoms with E-state index in [1.165, 1.54) is 0 Å². The summed E-state index contributed by atoms with van der Waals surface area (Å²) < 4.78 is 2.94. The van der Waals surface area contributed by atoms with E-state index in [1.54, 1.807) is 0 Å². The van der Waals surface area contributed by atoms with Crippen molar-refractivity contribution in [2.45, 2.75) is 13.0 Å². The van der Waals surface area contributed by atoms with Gasteiger partial charge in [0, 0.05) is 18.7 Å². The lowest BCUT2D eigenvalue weighted by atomic mass is 10.2. The lowest BCUT2D eigenvalue weighted by Gasteiger charge is -2.00. The fourth-order valence-corrected chi connectivity index (χ4v) is 1.50. The average Bonchev–Trinajstić information content (AvgIpc) is 2.14. The van der Waals surface area contributed by atoms with E-state index in [4.69, 9.17) is 5.73 Å². The Morgan fingerprint density at radius 3 is 2.60 bits per heavy atom. The molecular weight excluding hydrogens is 241 g/mol. The average molecular weight is 251 g/mol. The summed E-state index contributed by atoms with van der Waals surface area (Å²) >= 11 is 2.24. The Balaban J connectivity index is 3.05. The van der Waals surface area contributed by atoms with Gasteiger partial charge in [0.05, 0.1) is 6.20 Å². The topological polar surface area (TPSA) is 43.8 Å². The summed E-state index contributed by atoms with van der Waals surface area (Å²) in [6.45, 7) is 1.96. The van der Waals surface area contributed by atoms with Crippen LogP contribution in [0.25, 0.3) is 0 Å². The van der Waals surface area contributed by atoms with Gasteiger partial charge in [0.25, 0.3) is 0 Å². The van der Waals surface area contributed by atoms with Crippen molar-refractivity contribution in [2.24, 2.45) is 12.8 Å². The molecule has 0 radical (unpaired) electrons. The van der Waals surface area contributed by atoms with Crippen molar-refractivity contribution in [3.05, 3.63) is 15.5 Å². The molecule has 0 aromatic carbocycles. The van der Waals surface area contributed by atoms with Crippen molar-refractivity contribution < 1.29 is 0 Å². The molecule has 0 aliphatic carbocycles. The number of hydrogen-bond acceptors (Lipinski definition) is 2. The Labute approximate surface area is 73.7 Å². The van der Waals surface area contributed by atoms with Gasteiger partial charge in [-0.3, -0.25) is 4.68 Å². The van der Waals surface area contributed by atoms with E-state index >= 15 is 0 Å². The van der Waals surface area contributed by atoms with Gasteiger partial charge < -0.3 is 5.73 Å². The first-order valence-electron chi connectivity index (χ1n) is 3.06. The van der Waals surface area contributed by atoms with Gasteiger partial charge in [-0.15, -0.1) is 0 Å². The van der Waals surface area contributed by atoms with E-state index in [0.717, 1.165) is 9.26 Å². The summed E-state index contributed by atoms with van der Waals surface area (Å²) in [6, 6.07) is 0.0839. The highest BCUT2D eigenvalue weighted by Crippen LogP contribution is 2.15. The summed E-state index contributed by atoms with van der Waals surface area (Å²) in [7, 11) is 1.91. The number of aromatic nitrogens is 2. The van der Waals surface area contributed by atoms with Crippen LogP contribution in [0.5, 0.6) is 0 Å². The van der Waals surface area contributed by atoms with Crippen LogP contribution in [0.2, 0.25) is 0 Å². The molecule has 1 atom stereocenters. The van der Waals surface area contributed by atoms with Crippen LogP contribution in [0.3, 0.4) is 0 Å². The molecule has 0 bridgehead atoms. The minimum Gasteiger partial charge on any atom is -0.324 e. The van der Waals surface area contributed by atoms with Crippen LogP contribution < -0.4 is 5.73 Å². The molecule has 0 amide bonds. The van der Waals surface area contributed by atoms with E-state index in [9.17, 15) is 0 Å². The number of nitrogens with two attached hydrogens (primary N) is 1. The third-order valence-corrected chi connectivity index (χ3v) is 2.70. The van der Waals surface area contributed by atoms with Gasteiger partial charge in [-0.2, -0.15) is 5.10 Å². The molecule has 4 heteroatoms. The molecule has 1 aromatic rings. The van der Waals surface area contributed by atoms with Crippen LogP contribution in [-0.4, -0.2) is 9.78 Å². The third kappa shape index (κ3) is 1.32. The monoisotopic (exact) mass is 251 g/mol. The summed E-state index contributed by atoms with van der Waals surface area (Å²) in [4.78, 5) is 0. The molecule has 1 heterocycles. The van der Waals surface area contributed by atoms with Crippen molar-refractivity contribution in [1.82, 2.24) is 9.78 Å². The van der Waals surface area contributed by atoms with Gasteiger partial charge in [-0.05, 0) is 29.5 Å². The fourth-order valence-electron chi connectivity index (χ4n) is 0.745. The zero-order valence-corrected chi connectivity index (χ0v) is 8.16. The van der Waals surface area contributed by atoms with Gasteiger partial charge in [-0.25, -0.2) is 0 Å². The highest BCUT2D eigenvalue weighted by atomic mass is 127. The van der Waals surface area contributed by atoms with Gasteiger partial charge in [0.1, 0.15) is 3.70 Å². The van der Waals surface area contributed by atoms with E-state index in [2.05, 4.69) is 27.7 Å². The van der Waals surface area contributed by atoms with Crippen molar-refractivity contribution in [1.29, 1.82) is 0 Å². The molecule has 0 aliphatic heterocycles. The number of halogens is 1. The fraction of sp³-hybridized carbons (Fsp3) is 0.500. The maximum atomic E-state index is 5.67. The molecule has 1 aromatic heterocycles. The zero-order chi connectivity index (χ0) is 7.72. The second-order valence-corrected chi connectivity index (χ2v) is 3.32. The molecule has 2 N–H and O–H groups in total. The van der Waals surface area contributed by atoms with Crippen molar-refractivity contribution in [3.8, 4) is 0 Å². The minimum absolute atomic E-state index is 0.0839. The van der Waals surface area contributed by atoms with Gasteiger partial charge in [-0.1, -0.05) is 0 Å². The quantitative estimate of drug-likeness (QED) is 0.758. The lowest BCUT2D eigenvalue weighted by Crippen LogP contribution is -2.06. The molecule has 3 nitrogen and oxygen atoms in total. The SMILES string of the molecule is CC(N)c1cnn(C)c1I. The summed E-state index contributed by atoms with van der Waals surface area (Å²) in [5.74, 6) is 0. The second kappa shape index (κ2) is 2.87. The molecule has 10 heavy (non-hydrogen) atoms. The van der Waals surface area contributed by atoms with E-state index < -0.39 is 0 Å². The molecule has 0 saturated heterocycles. The standard InChI is InChI=1S/C6H10IN3/c1-4(8)5-3-9-10(2)6(5)7/h3-4H,8H2,1-2H3. The largest absolute Gasteiger partial charge is 0.324 e. The highest BCUT2D eigenvalue weighted by molar-refractivity contribution is 14.1. The summed E-state index contributed by atoms with van der Waals surface area (Å²) in [5.41, 5.74) is 6.78. The van der Waals surface area contributed by atoms with Crippen LogP contribution >= 0.6 is 22.6 Å². The predicted molar refractivity (Wildman–Crippen MR) is 48.5 cm³/mol. The Morgan fingerprint density at radius 2 is 2.40 bits per heavy atom. The number of rotatable bonds is 1. The van der Waals surface area contributed by atoms with Crippen LogP contribution in [0, 0.1) is 3.70 Å². The molecule has 0 fully saturated rings. The van der Waals surface area contributed by atoms with Crippen LogP contribution in [0.4, 0.5) is 0 Å². The second-order valence-electron chi connectivity index (χ2n) is 2.30. The van der Waals surface area contributed by atoms with Gasteiger partial charge in [0.15, 0.2) is 0 Å². The summed E-state index contributed by atoms with van der Waals surface area (Å²) in [5, 5.41) is 4.07. The molecular formula is C6H10IN3. The Hall–Kier alpha value is -0.100. The Morgan fingerprint density at radius 1 is 1.80 bits per heavy atom. The highest BCUT2D eigenvalue weighted by Gasteiger charge is 2.07. The number of nitrogens with zero attached hydrogens (tertiary/aromatic N) is 2. The molecule has 1 unspecified atom stereocenters. The maximum Gasteiger partial charge on any atom is 0.103 e. The molecule has 1 rings (SSSR count). The van der Waals surface area contributed by atoms with Gasteiger partial charge in [0.2, 0.25) is 0 Å². The normalized spacial score (nSPS) is 13.6. The van der Waals surface area contributed by atoms with Crippen LogP contribution in [0.15, 0.2) is 6.20 Å². The molecule has 56 valence electrons. The van der Waals surface area contributed by atoms with Crippen LogP contribution in [0.1, 0.15) is 18.5 Å². The van der Waals surface area contributed by atoms with Crippen molar-refractivity contribution >= 4 is 22.6 Å². The molecule has 0 saturated carbocycles. The Kier molecular flexibility index (Phi) is 2.30. The molecule has 0 aliphatic rings. The molecule has 0 spiro atoms. The smallest absolute Gasteiger partial charge is 0.103 e. The first-order valence-corrected chi connectivity index (χ1v) is 4.13. The zero-order valence-electron chi connectivity index (χ0n) is 6.00. The first-order chi connectivity index (χ1) is 4.63. The third-order valence-electron chi connectivity index (χ3n) is 1.38.